The van der Waals surface area contributed by atoms with Crippen molar-refractivity contribution in [1.29, 1.82) is 0 Å². The standard InChI is InChI=1S/C10H15NO/c1-10(8-11,12-2)9-6-4-3-5-7-9/h3-7H,8,11H2,1-2H3. The molecule has 0 saturated carbocycles. The van der Waals surface area contributed by atoms with E-state index in [4.69, 9.17) is 10.5 Å². The third-order valence-electron chi connectivity index (χ3n) is 2.22. The summed E-state index contributed by atoms with van der Waals surface area (Å²) in [6.45, 7) is 2.48. The third-order valence-corrected chi connectivity index (χ3v) is 2.22. The minimum atomic E-state index is -0.346. The maximum absolute atomic E-state index is 5.62. The molecule has 0 bridgehead atoms. The van der Waals surface area contributed by atoms with Gasteiger partial charge in [-0.15, -0.1) is 0 Å². The van der Waals surface area contributed by atoms with Gasteiger partial charge in [-0.2, -0.15) is 0 Å². The zero-order valence-corrected chi connectivity index (χ0v) is 7.58. The number of rotatable bonds is 3. The van der Waals surface area contributed by atoms with Gasteiger partial charge in [0.2, 0.25) is 0 Å². The lowest BCUT2D eigenvalue weighted by atomic mass is 9.96. The van der Waals surface area contributed by atoms with E-state index < -0.39 is 0 Å². The largest absolute Gasteiger partial charge is 0.372 e. The van der Waals surface area contributed by atoms with Crippen LogP contribution in [0.5, 0.6) is 0 Å². The van der Waals surface area contributed by atoms with Gasteiger partial charge >= 0.3 is 0 Å². The van der Waals surface area contributed by atoms with Crippen molar-refractivity contribution in [2.75, 3.05) is 13.7 Å². The van der Waals surface area contributed by atoms with E-state index in [9.17, 15) is 0 Å². The first kappa shape index (κ1) is 9.23. The number of hydrogen-bond donors (Lipinski definition) is 1. The highest BCUT2D eigenvalue weighted by Gasteiger charge is 2.23. The number of ether oxygens (including phenoxy) is 1. The molecule has 0 radical (unpaired) electrons. The smallest absolute Gasteiger partial charge is 0.102 e. The summed E-state index contributed by atoms with van der Waals surface area (Å²) in [6, 6.07) is 10.0. The molecule has 0 aliphatic rings. The SMILES string of the molecule is COC(C)(CN)c1ccccc1. The Morgan fingerprint density at radius 1 is 1.33 bits per heavy atom. The Kier molecular flexibility index (Phi) is 2.84. The Hall–Kier alpha value is -0.860. The molecule has 2 N–H and O–H groups in total. The first-order chi connectivity index (χ1) is 5.73. The molecule has 1 aromatic carbocycles. The quantitative estimate of drug-likeness (QED) is 0.736. The topological polar surface area (TPSA) is 35.2 Å². The minimum absolute atomic E-state index is 0.346. The molecule has 12 heavy (non-hydrogen) atoms. The highest BCUT2D eigenvalue weighted by atomic mass is 16.5. The molecule has 0 aromatic heterocycles. The lowest BCUT2D eigenvalue weighted by molar-refractivity contribution is 0.0101. The van der Waals surface area contributed by atoms with Crippen LogP contribution in [0.4, 0.5) is 0 Å². The summed E-state index contributed by atoms with van der Waals surface area (Å²) in [5.74, 6) is 0. The van der Waals surface area contributed by atoms with Crippen LogP contribution in [0.3, 0.4) is 0 Å². The van der Waals surface area contributed by atoms with Crippen molar-refractivity contribution in [1.82, 2.24) is 0 Å². The van der Waals surface area contributed by atoms with Crippen LogP contribution in [-0.2, 0) is 10.3 Å². The summed E-state index contributed by atoms with van der Waals surface area (Å²) >= 11 is 0. The molecule has 0 aliphatic heterocycles. The maximum atomic E-state index is 5.62. The van der Waals surface area contributed by atoms with E-state index in [0.29, 0.717) is 6.54 Å². The van der Waals surface area contributed by atoms with Gasteiger partial charge in [0.05, 0.1) is 0 Å². The number of methoxy groups -OCH3 is 1. The van der Waals surface area contributed by atoms with E-state index in [1.54, 1.807) is 7.11 Å². The van der Waals surface area contributed by atoms with Crippen LogP contribution in [0.1, 0.15) is 12.5 Å². The summed E-state index contributed by atoms with van der Waals surface area (Å²) in [6.07, 6.45) is 0. The van der Waals surface area contributed by atoms with Gasteiger partial charge < -0.3 is 10.5 Å². The number of hydrogen-bond acceptors (Lipinski definition) is 2. The van der Waals surface area contributed by atoms with E-state index in [1.807, 2.05) is 37.3 Å². The van der Waals surface area contributed by atoms with Crippen molar-refractivity contribution < 1.29 is 4.74 Å². The van der Waals surface area contributed by atoms with E-state index in [1.165, 1.54) is 0 Å². The average Bonchev–Trinajstić information content (AvgIpc) is 2.18. The van der Waals surface area contributed by atoms with Crippen LogP contribution in [0, 0.1) is 0 Å². The zero-order chi connectivity index (χ0) is 9.03. The minimum Gasteiger partial charge on any atom is -0.372 e. The number of benzene rings is 1. The molecule has 1 unspecified atom stereocenters. The summed E-state index contributed by atoms with van der Waals surface area (Å²) in [4.78, 5) is 0. The Labute approximate surface area is 73.3 Å². The molecule has 66 valence electrons. The van der Waals surface area contributed by atoms with Gasteiger partial charge in [-0.25, -0.2) is 0 Å². The highest BCUT2D eigenvalue weighted by molar-refractivity contribution is 5.22. The average molecular weight is 165 g/mol. The highest BCUT2D eigenvalue weighted by Crippen LogP contribution is 2.22. The second-order valence-corrected chi connectivity index (χ2v) is 3.01. The van der Waals surface area contributed by atoms with Gasteiger partial charge in [0.1, 0.15) is 5.60 Å². The maximum Gasteiger partial charge on any atom is 0.102 e. The molecule has 0 fully saturated rings. The second-order valence-electron chi connectivity index (χ2n) is 3.01. The molecule has 0 amide bonds. The summed E-state index contributed by atoms with van der Waals surface area (Å²) in [5, 5.41) is 0. The molecule has 0 aliphatic carbocycles. The zero-order valence-electron chi connectivity index (χ0n) is 7.58. The molecular formula is C10H15NO. The Morgan fingerprint density at radius 2 is 1.92 bits per heavy atom. The molecule has 1 aromatic rings. The monoisotopic (exact) mass is 165 g/mol. The fraction of sp³-hybridized carbons (Fsp3) is 0.400. The van der Waals surface area contributed by atoms with Crippen molar-refractivity contribution in [2.24, 2.45) is 5.73 Å². The van der Waals surface area contributed by atoms with Crippen LogP contribution in [-0.4, -0.2) is 13.7 Å². The lowest BCUT2D eigenvalue weighted by Crippen LogP contribution is -2.33. The Morgan fingerprint density at radius 3 is 2.33 bits per heavy atom. The molecule has 1 atom stereocenters. The van der Waals surface area contributed by atoms with E-state index >= 15 is 0 Å². The molecule has 1 rings (SSSR count). The molecular weight excluding hydrogens is 150 g/mol. The second kappa shape index (κ2) is 3.70. The van der Waals surface area contributed by atoms with Gasteiger partial charge in [0, 0.05) is 13.7 Å². The van der Waals surface area contributed by atoms with E-state index in [-0.39, 0.29) is 5.60 Å². The molecule has 2 nitrogen and oxygen atoms in total. The number of nitrogens with two attached hydrogens (primary N) is 1. The molecule has 0 saturated heterocycles. The normalized spacial score (nSPS) is 15.6. The van der Waals surface area contributed by atoms with Crippen molar-refractivity contribution in [3.8, 4) is 0 Å². The van der Waals surface area contributed by atoms with Crippen molar-refractivity contribution in [2.45, 2.75) is 12.5 Å². The van der Waals surface area contributed by atoms with Gasteiger partial charge in [0.25, 0.3) is 0 Å². The molecule has 0 spiro atoms. The third kappa shape index (κ3) is 1.65. The molecule has 2 heteroatoms. The first-order valence-corrected chi connectivity index (χ1v) is 4.03. The lowest BCUT2D eigenvalue weighted by Gasteiger charge is -2.26. The summed E-state index contributed by atoms with van der Waals surface area (Å²) < 4.78 is 5.35. The fourth-order valence-corrected chi connectivity index (χ4v) is 1.11. The van der Waals surface area contributed by atoms with Gasteiger partial charge in [-0.3, -0.25) is 0 Å². The van der Waals surface area contributed by atoms with Crippen LogP contribution >= 0.6 is 0 Å². The van der Waals surface area contributed by atoms with Crippen LogP contribution in [0.25, 0.3) is 0 Å². The Bertz CT molecular complexity index is 229. The fourth-order valence-electron chi connectivity index (χ4n) is 1.11. The van der Waals surface area contributed by atoms with Crippen molar-refractivity contribution in [3.05, 3.63) is 35.9 Å². The predicted octanol–water partition coefficient (Wildman–Crippen LogP) is 1.51. The Balaban J connectivity index is 2.95. The van der Waals surface area contributed by atoms with Crippen LogP contribution < -0.4 is 5.73 Å². The van der Waals surface area contributed by atoms with Gasteiger partial charge in [-0.05, 0) is 12.5 Å². The first-order valence-electron chi connectivity index (χ1n) is 4.03. The molecule has 0 heterocycles. The summed E-state index contributed by atoms with van der Waals surface area (Å²) in [5.41, 5.74) is 6.40. The van der Waals surface area contributed by atoms with E-state index in [0.717, 1.165) is 5.56 Å². The van der Waals surface area contributed by atoms with Crippen molar-refractivity contribution in [3.63, 3.8) is 0 Å². The van der Waals surface area contributed by atoms with Gasteiger partial charge in [0.15, 0.2) is 0 Å². The van der Waals surface area contributed by atoms with E-state index in [2.05, 4.69) is 0 Å². The van der Waals surface area contributed by atoms with Crippen LogP contribution in [0.15, 0.2) is 30.3 Å². The predicted molar refractivity (Wildman–Crippen MR) is 49.9 cm³/mol. The summed E-state index contributed by atoms with van der Waals surface area (Å²) in [7, 11) is 1.68. The van der Waals surface area contributed by atoms with Crippen LogP contribution in [0.2, 0.25) is 0 Å². The van der Waals surface area contributed by atoms with Gasteiger partial charge in [-0.1, -0.05) is 30.3 Å². The van der Waals surface area contributed by atoms with Crippen molar-refractivity contribution >= 4 is 0 Å².